The van der Waals surface area contributed by atoms with Crippen LogP contribution < -0.4 is 10.9 Å². The molecule has 10 heteroatoms. The number of para-hydroxylation sites is 1. The molecule has 2 amide bonds. The number of fused-ring (bicyclic) bond motifs is 1. The first kappa shape index (κ1) is 26.2. The smallest absolute Gasteiger partial charge is 0.322 e. The van der Waals surface area contributed by atoms with Crippen molar-refractivity contribution in [2.45, 2.75) is 13.0 Å². The highest BCUT2D eigenvalue weighted by molar-refractivity contribution is 9.10. The number of nitrogens with one attached hydrogen (secondary N) is 1. The highest BCUT2D eigenvalue weighted by Gasteiger charge is 2.27. The average Bonchev–Trinajstić information content (AvgIpc) is 2.86. The molecule has 7 nitrogen and oxygen atoms in total. The monoisotopic (exact) mass is 588 g/mol. The van der Waals surface area contributed by atoms with E-state index in [0.29, 0.717) is 38.1 Å². The van der Waals surface area contributed by atoms with E-state index in [1.807, 2.05) is 37.3 Å². The Hall–Kier alpha value is -2.91. The highest BCUT2D eigenvalue weighted by Crippen LogP contribution is 2.28. The minimum absolute atomic E-state index is 0.224. The van der Waals surface area contributed by atoms with Crippen LogP contribution in [0.2, 0.25) is 10.0 Å². The predicted molar refractivity (Wildman–Crippen MR) is 148 cm³/mol. The third kappa shape index (κ3) is 5.57. The molecule has 0 spiro atoms. The zero-order chi connectivity index (χ0) is 25.8. The standard InChI is InChI=1S/C26H23BrCl2N4O3/c1-16(32(13-14-36-2)26(35)31-23-12-9-18(28)15-21(23)29)24-30-22-6-4-3-5-20(22)25(34)33(24)19-10-7-17(27)8-11-19/h3-12,15-16H,13-14H2,1-2H3,(H,31,35). The molecule has 0 aliphatic heterocycles. The predicted octanol–water partition coefficient (Wildman–Crippen LogP) is 6.70. The molecule has 1 heterocycles. The number of halogens is 3. The van der Waals surface area contributed by atoms with Crippen molar-refractivity contribution in [2.75, 3.05) is 25.6 Å². The fourth-order valence-electron chi connectivity index (χ4n) is 3.85. The number of hydrogen-bond acceptors (Lipinski definition) is 4. The molecule has 0 saturated heterocycles. The van der Waals surface area contributed by atoms with Gasteiger partial charge in [0.1, 0.15) is 5.82 Å². The van der Waals surface area contributed by atoms with Crippen LogP contribution in [0.3, 0.4) is 0 Å². The van der Waals surface area contributed by atoms with E-state index in [4.69, 9.17) is 32.9 Å². The normalized spacial score (nSPS) is 11.9. The van der Waals surface area contributed by atoms with E-state index in [0.717, 1.165) is 4.47 Å². The summed E-state index contributed by atoms with van der Waals surface area (Å²) in [6.45, 7) is 2.35. The topological polar surface area (TPSA) is 76.5 Å². The number of carbonyl (C=O) groups excluding carboxylic acids is 1. The molecule has 0 bridgehead atoms. The van der Waals surface area contributed by atoms with Gasteiger partial charge in [-0.2, -0.15) is 0 Å². The second kappa shape index (κ2) is 11.4. The lowest BCUT2D eigenvalue weighted by molar-refractivity contribution is 0.137. The molecular formula is C26H23BrCl2N4O3. The SMILES string of the molecule is COCCN(C(=O)Nc1ccc(Cl)cc1Cl)C(C)c1nc2ccccc2c(=O)n1-c1ccc(Br)cc1. The highest BCUT2D eigenvalue weighted by atomic mass is 79.9. The van der Waals surface area contributed by atoms with Gasteiger partial charge in [-0.15, -0.1) is 0 Å². The van der Waals surface area contributed by atoms with E-state index >= 15 is 0 Å². The minimum atomic E-state index is -0.604. The molecule has 36 heavy (non-hydrogen) atoms. The summed E-state index contributed by atoms with van der Waals surface area (Å²) in [4.78, 5) is 33.5. The summed E-state index contributed by atoms with van der Waals surface area (Å²) < 4.78 is 7.68. The second-order valence-electron chi connectivity index (χ2n) is 8.02. The average molecular weight is 590 g/mol. The molecule has 4 rings (SSSR count). The van der Waals surface area contributed by atoms with Crippen LogP contribution in [0.4, 0.5) is 10.5 Å². The molecule has 0 fully saturated rings. The lowest BCUT2D eigenvalue weighted by Crippen LogP contribution is -2.41. The lowest BCUT2D eigenvalue weighted by Gasteiger charge is -2.30. The molecule has 1 unspecified atom stereocenters. The van der Waals surface area contributed by atoms with Crippen LogP contribution in [0, 0.1) is 0 Å². The molecule has 186 valence electrons. The van der Waals surface area contributed by atoms with Gasteiger partial charge in [0.2, 0.25) is 0 Å². The molecule has 3 aromatic carbocycles. The van der Waals surface area contributed by atoms with Crippen LogP contribution in [0.1, 0.15) is 18.8 Å². The minimum Gasteiger partial charge on any atom is -0.383 e. The molecular weight excluding hydrogens is 567 g/mol. The number of amides is 2. The van der Waals surface area contributed by atoms with Crippen molar-refractivity contribution >= 4 is 61.8 Å². The van der Waals surface area contributed by atoms with Gasteiger partial charge in [0.05, 0.1) is 39.9 Å². The summed E-state index contributed by atoms with van der Waals surface area (Å²) in [7, 11) is 1.56. The maximum absolute atomic E-state index is 13.7. The number of methoxy groups -OCH3 is 1. The molecule has 0 radical (unpaired) electrons. The third-order valence-electron chi connectivity index (χ3n) is 5.70. The fourth-order valence-corrected chi connectivity index (χ4v) is 4.57. The largest absolute Gasteiger partial charge is 0.383 e. The van der Waals surface area contributed by atoms with Crippen LogP contribution in [-0.2, 0) is 4.74 Å². The van der Waals surface area contributed by atoms with Crippen molar-refractivity contribution in [1.29, 1.82) is 0 Å². The maximum atomic E-state index is 13.7. The number of nitrogens with zero attached hydrogens (tertiary/aromatic N) is 3. The Labute approximate surface area is 226 Å². The number of aromatic nitrogens is 2. The summed E-state index contributed by atoms with van der Waals surface area (Å²) in [6, 6.07) is 18.3. The molecule has 1 N–H and O–H groups in total. The Bertz CT molecular complexity index is 1460. The van der Waals surface area contributed by atoms with Crippen LogP contribution in [0.15, 0.2) is 76.0 Å². The van der Waals surface area contributed by atoms with Gasteiger partial charge in [0, 0.05) is 23.1 Å². The van der Waals surface area contributed by atoms with E-state index in [2.05, 4.69) is 21.2 Å². The Morgan fingerprint density at radius 2 is 1.86 bits per heavy atom. The number of ether oxygens (including phenoxy) is 1. The zero-order valence-electron chi connectivity index (χ0n) is 19.5. The number of hydrogen-bond donors (Lipinski definition) is 1. The quantitative estimate of drug-likeness (QED) is 0.260. The van der Waals surface area contributed by atoms with Gasteiger partial charge < -0.3 is 15.0 Å². The molecule has 0 aliphatic rings. The van der Waals surface area contributed by atoms with Gasteiger partial charge in [0.25, 0.3) is 5.56 Å². The third-order valence-corrected chi connectivity index (χ3v) is 6.77. The maximum Gasteiger partial charge on any atom is 0.322 e. The van der Waals surface area contributed by atoms with Crippen molar-refractivity contribution in [3.63, 3.8) is 0 Å². The van der Waals surface area contributed by atoms with Crippen LogP contribution in [0.5, 0.6) is 0 Å². The first-order valence-electron chi connectivity index (χ1n) is 11.1. The summed E-state index contributed by atoms with van der Waals surface area (Å²) in [5.41, 5.74) is 1.37. The Morgan fingerprint density at radius 3 is 2.56 bits per heavy atom. The molecule has 1 atom stereocenters. The first-order valence-corrected chi connectivity index (χ1v) is 12.6. The number of anilines is 1. The second-order valence-corrected chi connectivity index (χ2v) is 9.78. The van der Waals surface area contributed by atoms with Crippen molar-refractivity contribution in [3.8, 4) is 5.69 Å². The van der Waals surface area contributed by atoms with Gasteiger partial charge >= 0.3 is 6.03 Å². The Morgan fingerprint density at radius 1 is 1.14 bits per heavy atom. The Balaban J connectivity index is 1.82. The van der Waals surface area contributed by atoms with Crippen LogP contribution >= 0.6 is 39.1 Å². The van der Waals surface area contributed by atoms with Crippen molar-refractivity contribution in [1.82, 2.24) is 14.5 Å². The first-order chi connectivity index (χ1) is 17.3. The molecule has 0 aliphatic carbocycles. The lowest BCUT2D eigenvalue weighted by atomic mass is 10.2. The number of urea groups is 1. The van der Waals surface area contributed by atoms with Crippen molar-refractivity contribution in [2.24, 2.45) is 0 Å². The zero-order valence-corrected chi connectivity index (χ0v) is 22.6. The molecule has 0 saturated carbocycles. The molecule has 1 aromatic heterocycles. The van der Waals surface area contributed by atoms with Crippen molar-refractivity contribution in [3.05, 3.63) is 97.4 Å². The summed E-state index contributed by atoms with van der Waals surface area (Å²) in [5, 5.41) is 4.09. The van der Waals surface area contributed by atoms with E-state index in [9.17, 15) is 9.59 Å². The van der Waals surface area contributed by atoms with Crippen LogP contribution in [-0.4, -0.2) is 40.7 Å². The van der Waals surface area contributed by atoms with Crippen LogP contribution in [0.25, 0.3) is 16.6 Å². The Kier molecular flexibility index (Phi) is 8.31. The van der Waals surface area contributed by atoms with Gasteiger partial charge in [-0.25, -0.2) is 9.78 Å². The summed E-state index contributed by atoms with van der Waals surface area (Å²) in [6.07, 6.45) is 0. The van der Waals surface area contributed by atoms with Gasteiger partial charge in [-0.05, 0) is 61.5 Å². The van der Waals surface area contributed by atoms with Gasteiger partial charge in [-0.3, -0.25) is 9.36 Å². The number of benzene rings is 3. The van der Waals surface area contributed by atoms with Gasteiger partial charge in [-0.1, -0.05) is 51.3 Å². The van der Waals surface area contributed by atoms with Crippen molar-refractivity contribution < 1.29 is 9.53 Å². The van der Waals surface area contributed by atoms with E-state index < -0.39 is 12.1 Å². The van der Waals surface area contributed by atoms with E-state index in [-0.39, 0.29) is 18.7 Å². The summed E-state index contributed by atoms with van der Waals surface area (Å²) in [5.74, 6) is 0.412. The fraction of sp³-hybridized carbons (Fsp3) is 0.192. The number of rotatable bonds is 7. The van der Waals surface area contributed by atoms with Gasteiger partial charge in [0.15, 0.2) is 0 Å². The summed E-state index contributed by atoms with van der Waals surface area (Å²) >= 11 is 15.7. The van der Waals surface area contributed by atoms with E-state index in [1.54, 1.807) is 53.0 Å². The van der Waals surface area contributed by atoms with E-state index in [1.165, 1.54) is 0 Å². The number of carbonyl (C=O) groups is 1. The molecule has 4 aromatic rings.